The minimum absolute atomic E-state index is 0.208. The Bertz CT molecular complexity index is 673. The number of aryl methyl sites for hydroxylation is 2. The summed E-state index contributed by atoms with van der Waals surface area (Å²) in [6.07, 6.45) is 0. The molecule has 2 aromatic rings. The van der Waals surface area contributed by atoms with Gasteiger partial charge in [-0.2, -0.15) is 0 Å². The molecule has 0 saturated carbocycles. The largest absolute Gasteiger partial charge is 0.326 e. The van der Waals surface area contributed by atoms with Crippen molar-refractivity contribution >= 4 is 32.7 Å². The van der Waals surface area contributed by atoms with Crippen molar-refractivity contribution in [2.75, 3.05) is 0 Å². The van der Waals surface area contributed by atoms with E-state index in [4.69, 9.17) is 5.73 Å². The number of rotatable bonds is 5. The lowest BCUT2D eigenvalue weighted by atomic mass is 10.4. The van der Waals surface area contributed by atoms with E-state index in [0.29, 0.717) is 11.4 Å². The SMILES string of the molecule is Cc1nc(CNS(=O)(=O)c2cc(CN)sc2C)cs1. The first kappa shape index (κ1) is 14.6. The summed E-state index contributed by atoms with van der Waals surface area (Å²) < 4.78 is 27.0. The zero-order chi connectivity index (χ0) is 14.0. The van der Waals surface area contributed by atoms with Crippen LogP contribution in [0, 0.1) is 13.8 Å². The van der Waals surface area contributed by atoms with Crippen LogP contribution in [0.4, 0.5) is 0 Å². The topological polar surface area (TPSA) is 85.1 Å². The molecule has 5 nitrogen and oxygen atoms in total. The number of thiazole rings is 1. The average Bonchev–Trinajstić information content (AvgIpc) is 2.93. The number of hydrogen-bond acceptors (Lipinski definition) is 6. The standard InChI is InChI=1S/C11H15N3O2S3/c1-7-11(3-10(4-12)18-7)19(15,16)13-5-9-6-17-8(2)14-9/h3,6,13H,4-5,12H2,1-2H3. The smallest absolute Gasteiger partial charge is 0.242 e. The van der Waals surface area contributed by atoms with Gasteiger partial charge in [0, 0.05) is 21.7 Å². The fraction of sp³-hybridized carbons (Fsp3) is 0.364. The Kier molecular flexibility index (Phi) is 4.36. The van der Waals surface area contributed by atoms with Gasteiger partial charge in [0.2, 0.25) is 10.0 Å². The predicted molar refractivity (Wildman–Crippen MR) is 77.8 cm³/mol. The molecule has 0 spiro atoms. The maximum Gasteiger partial charge on any atom is 0.242 e. The van der Waals surface area contributed by atoms with Crippen molar-refractivity contribution < 1.29 is 8.42 Å². The Morgan fingerprint density at radius 1 is 1.42 bits per heavy atom. The second kappa shape index (κ2) is 5.68. The first-order chi connectivity index (χ1) is 8.92. The van der Waals surface area contributed by atoms with Crippen LogP contribution >= 0.6 is 22.7 Å². The number of nitrogens with zero attached hydrogens (tertiary/aromatic N) is 1. The molecule has 0 aliphatic heterocycles. The molecule has 2 aromatic heterocycles. The monoisotopic (exact) mass is 317 g/mol. The molecule has 2 rings (SSSR count). The molecule has 8 heteroatoms. The van der Waals surface area contributed by atoms with Crippen LogP contribution in [-0.2, 0) is 23.1 Å². The van der Waals surface area contributed by atoms with E-state index in [1.165, 1.54) is 22.7 Å². The van der Waals surface area contributed by atoms with Crippen molar-refractivity contribution in [2.24, 2.45) is 5.73 Å². The van der Waals surface area contributed by atoms with E-state index in [1.54, 1.807) is 13.0 Å². The molecule has 0 radical (unpaired) electrons. The average molecular weight is 317 g/mol. The number of hydrogen-bond donors (Lipinski definition) is 2. The Balaban J connectivity index is 2.15. The van der Waals surface area contributed by atoms with E-state index in [-0.39, 0.29) is 6.54 Å². The van der Waals surface area contributed by atoms with Gasteiger partial charge in [0.1, 0.15) is 0 Å². The fourth-order valence-electron chi connectivity index (χ4n) is 1.63. The van der Waals surface area contributed by atoms with E-state index in [0.717, 1.165) is 20.5 Å². The van der Waals surface area contributed by atoms with Crippen LogP contribution in [0.2, 0.25) is 0 Å². The lowest BCUT2D eigenvalue weighted by Crippen LogP contribution is -2.23. The van der Waals surface area contributed by atoms with Gasteiger partial charge in [0.05, 0.1) is 22.1 Å². The second-order valence-electron chi connectivity index (χ2n) is 4.02. The minimum Gasteiger partial charge on any atom is -0.326 e. The first-order valence-corrected chi connectivity index (χ1v) is 8.80. The zero-order valence-electron chi connectivity index (χ0n) is 10.6. The summed E-state index contributed by atoms with van der Waals surface area (Å²) in [6.45, 7) is 4.23. The molecule has 0 amide bonds. The first-order valence-electron chi connectivity index (χ1n) is 5.62. The van der Waals surface area contributed by atoms with E-state index >= 15 is 0 Å². The van der Waals surface area contributed by atoms with Crippen molar-refractivity contribution in [2.45, 2.75) is 31.8 Å². The predicted octanol–water partition coefficient (Wildman–Crippen LogP) is 1.76. The van der Waals surface area contributed by atoms with Crippen LogP contribution in [0.5, 0.6) is 0 Å². The second-order valence-corrected chi connectivity index (χ2v) is 8.16. The maximum absolute atomic E-state index is 12.2. The summed E-state index contributed by atoms with van der Waals surface area (Å²) in [7, 11) is -3.50. The molecular weight excluding hydrogens is 302 g/mol. The summed E-state index contributed by atoms with van der Waals surface area (Å²) >= 11 is 2.91. The highest BCUT2D eigenvalue weighted by molar-refractivity contribution is 7.89. The molecule has 0 atom stereocenters. The number of aromatic nitrogens is 1. The third-order valence-corrected chi connectivity index (χ3v) is 6.08. The number of nitrogens with two attached hydrogens (primary N) is 1. The number of sulfonamides is 1. The Labute approximate surface area is 120 Å². The number of thiophene rings is 1. The zero-order valence-corrected chi connectivity index (χ0v) is 13.1. The van der Waals surface area contributed by atoms with Gasteiger partial charge < -0.3 is 5.73 Å². The van der Waals surface area contributed by atoms with Crippen LogP contribution < -0.4 is 10.5 Å². The molecule has 0 aliphatic carbocycles. The molecule has 0 aromatic carbocycles. The van der Waals surface area contributed by atoms with Gasteiger partial charge in [0.15, 0.2) is 0 Å². The maximum atomic E-state index is 12.2. The third-order valence-electron chi connectivity index (χ3n) is 2.52. The summed E-state index contributed by atoms with van der Waals surface area (Å²) in [5, 5.41) is 2.77. The van der Waals surface area contributed by atoms with Crippen molar-refractivity contribution in [3.8, 4) is 0 Å². The van der Waals surface area contributed by atoms with Crippen molar-refractivity contribution in [3.05, 3.63) is 31.9 Å². The molecule has 0 bridgehead atoms. The third kappa shape index (κ3) is 3.40. The highest BCUT2D eigenvalue weighted by atomic mass is 32.2. The molecule has 104 valence electrons. The Morgan fingerprint density at radius 3 is 2.68 bits per heavy atom. The van der Waals surface area contributed by atoms with Gasteiger partial charge >= 0.3 is 0 Å². The van der Waals surface area contributed by atoms with Crippen molar-refractivity contribution in [1.82, 2.24) is 9.71 Å². The van der Waals surface area contributed by atoms with E-state index in [2.05, 4.69) is 9.71 Å². The lowest BCUT2D eigenvalue weighted by molar-refractivity contribution is 0.580. The van der Waals surface area contributed by atoms with Crippen LogP contribution in [0.3, 0.4) is 0 Å². The highest BCUT2D eigenvalue weighted by Gasteiger charge is 2.19. The molecule has 2 heterocycles. The van der Waals surface area contributed by atoms with Crippen molar-refractivity contribution in [3.63, 3.8) is 0 Å². The summed E-state index contributed by atoms with van der Waals surface area (Å²) in [5.41, 5.74) is 6.26. The summed E-state index contributed by atoms with van der Waals surface area (Å²) in [5.74, 6) is 0. The van der Waals surface area contributed by atoms with Crippen molar-refractivity contribution in [1.29, 1.82) is 0 Å². The summed E-state index contributed by atoms with van der Waals surface area (Å²) in [4.78, 5) is 6.15. The lowest BCUT2D eigenvalue weighted by Gasteiger charge is -2.04. The quantitative estimate of drug-likeness (QED) is 0.880. The minimum atomic E-state index is -3.50. The van der Waals surface area contributed by atoms with Gasteiger partial charge in [-0.05, 0) is 19.9 Å². The molecule has 0 fully saturated rings. The van der Waals surface area contributed by atoms with Gasteiger partial charge in [0.25, 0.3) is 0 Å². The van der Waals surface area contributed by atoms with E-state index in [9.17, 15) is 8.42 Å². The molecule has 0 unspecified atom stereocenters. The van der Waals surface area contributed by atoms with Gasteiger partial charge in [-0.1, -0.05) is 0 Å². The highest BCUT2D eigenvalue weighted by Crippen LogP contribution is 2.25. The summed E-state index contributed by atoms with van der Waals surface area (Å²) in [6, 6.07) is 1.63. The van der Waals surface area contributed by atoms with Crippen LogP contribution in [0.1, 0.15) is 20.5 Å². The van der Waals surface area contributed by atoms with E-state index in [1.807, 2.05) is 12.3 Å². The Morgan fingerprint density at radius 2 is 2.16 bits per heavy atom. The fourth-order valence-corrected chi connectivity index (χ4v) is 4.75. The molecule has 0 aliphatic rings. The Hall–Kier alpha value is -0.800. The molecule has 0 saturated heterocycles. The molecular formula is C11H15N3O2S3. The normalized spacial score (nSPS) is 11.9. The van der Waals surface area contributed by atoms with Crippen LogP contribution in [0.15, 0.2) is 16.3 Å². The van der Waals surface area contributed by atoms with Crippen LogP contribution in [-0.4, -0.2) is 13.4 Å². The van der Waals surface area contributed by atoms with Gasteiger partial charge in [-0.3, -0.25) is 0 Å². The van der Waals surface area contributed by atoms with Gasteiger partial charge in [-0.15, -0.1) is 22.7 Å². The van der Waals surface area contributed by atoms with Gasteiger partial charge in [-0.25, -0.2) is 18.1 Å². The number of nitrogens with one attached hydrogen (secondary N) is 1. The van der Waals surface area contributed by atoms with E-state index < -0.39 is 10.0 Å². The molecule has 3 N–H and O–H groups in total. The van der Waals surface area contributed by atoms with Crippen LogP contribution in [0.25, 0.3) is 0 Å². The molecule has 19 heavy (non-hydrogen) atoms.